The fraction of sp³-hybridized carbons (Fsp3) is 0.391. The van der Waals surface area contributed by atoms with E-state index in [0.717, 1.165) is 34.2 Å². The van der Waals surface area contributed by atoms with Crippen LogP contribution in [-0.2, 0) is 19.4 Å². The van der Waals surface area contributed by atoms with Gasteiger partial charge in [-0.25, -0.2) is 13.4 Å². The first kappa shape index (κ1) is 23.2. The molecule has 1 unspecified atom stereocenters. The highest BCUT2D eigenvalue weighted by Gasteiger charge is 2.28. The van der Waals surface area contributed by atoms with E-state index in [2.05, 4.69) is 4.98 Å². The normalized spacial score (nSPS) is 16.5. The summed E-state index contributed by atoms with van der Waals surface area (Å²) in [4.78, 5) is 19.7. The molecule has 0 bridgehead atoms. The van der Waals surface area contributed by atoms with E-state index in [1.165, 1.54) is 11.3 Å². The molecule has 2 heterocycles. The van der Waals surface area contributed by atoms with Crippen molar-refractivity contribution in [2.45, 2.75) is 44.1 Å². The maximum Gasteiger partial charge on any atom is 0.229 e. The number of hydrogen-bond donors (Lipinski definition) is 0. The summed E-state index contributed by atoms with van der Waals surface area (Å²) in [5, 5.41) is 1.10. The largest absolute Gasteiger partial charge is 0.376 e. The zero-order valence-electron chi connectivity index (χ0n) is 18.0. The lowest BCUT2D eigenvalue weighted by Crippen LogP contribution is -2.38. The molecule has 0 saturated carbocycles. The topological polar surface area (TPSA) is 76.6 Å². The van der Waals surface area contributed by atoms with E-state index in [9.17, 15) is 13.2 Å². The first-order valence-electron chi connectivity index (χ1n) is 10.5. The summed E-state index contributed by atoms with van der Waals surface area (Å²) in [6.07, 6.45) is 1.58. The quantitative estimate of drug-likeness (QED) is 0.466. The van der Waals surface area contributed by atoms with Crippen molar-refractivity contribution in [3.05, 3.63) is 52.5 Å². The maximum atomic E-state index is 13.2. The Morgan fingerprint density at radius 1 is 1.22 bits per heavy atom. The number of carbonyl (C=O) groups excluding carboxylic acids is 1. The van der Waals surface area contributed by atoms with Crippen molar-refractivity contribution in [1.82, 2.24) is 4.98 Å². The van der Waals surface area contributed by atoms with Crippen LogP contribution >= 0.6 is 22.9 Å². The molecule has 1 aliphatic heterocycles. The third-order valence-electron chi connectivity index (χ3n) is 5.59. The van der Waals surface area contributed by atoms with Crippen molar-refractivity contribution in [3.8, 4) is 0 Å². The Hall–Kier alpha value is -2.00. The summed E-state index contributed by atoms with van der Waals surface area (Å²) in [6.45, 7) is 4.86. The summed E-state index contributed by atoms with van der Waals surface area (Å²) in [6, 6.07) is 10.4. The Balaban J connectivity index is 1.59. The lowest BCUT2D eigenvalue weighted by Gasteiger charge is -2.23. The van der Waals surface area contributed by atoms with Gasteiger partial charge in [0.05, 0.1) is 38.5 Å². The fourth-order valence-corrected chi connectivity index (χ4v) is 6.28. The first-order chi connectivity index (χ1) is 15.2. The predicted octanol–water partition coefficient (Wildman–Crippen LogP) is 4.94. The molecule has 2 aromatic carbocycles. The number of sulfone groups is 1. The number of carbonyl (C=O) groups is 1. The molecular formula is C23H25ClN2O4S2. The number of hydrogen-bond acceptors (Lipinski definition) is 6. The number of benzene rings is 2. The molecule has 0 spiro atoms. The molecule has 9 heteroatoms. The zero-order valence-corrected chi connectivity index (χ0v) is 20.4. The van der Waals surface area contributed by atoms with E-state index in [0.29, 0.717) is 23.3 Å². The van der Waals surface area contributed by atoms with E-state index in [1.807, 2.05) is 26.0 Å². The molecule has 170 valence electrons. The Morgan fingerprint density at radius 2 is 1.97 bits per heavy atom. The first-order valence-corrected chi connectivity index (χ1v) is 13.4. The van der Waals surface area contributed by atoms with Gasteiger partial charge in [-0.15, -0.1) is 0 Å². The number of thiazole rings is 1. The van der Waals surface area contributed by atoms with E-state index in [1.54, 1.807) is 29.2 Å². The van der Waals surface area contributed by atoms with Crippen LogP contribution < -0.4 is 4.90 Å². The highest BCUT2D eigenvalue weighted by Crippen LogP contribution is 2.36. The molecule has 0 radical (unpaired) electrons. The van der Waals surface area contributed by atoms with Crippen LogP contribution in [0.4, 0.5) is 5.13 Å². The molecule has 1 amide bonds. The molecule has 0 aliphatic carbocycles. The SMILES string of the molecule is Cc1ccc(S(=O)(=O)CCC(=O)N(CC2CCCO2)c2nc3c(C)ccc(Cl)c3s2)cc1. The minimum atomic E-state index is -3.57. The van der Waals surface area contributed by atoms with Crippen LogP contribution in [0.1, 0.15) is 30.4 Å². The third-order valence-corrected chi connectivity index (χ3v) is 8.86. The molecule has 3 aromatic rings. The highest BCUT2D eigenvalue weighted by atomic mass is 35.5. The van der Waals surface area contributed by atoms with Gasteiger partial charge < -0.3 is 4.74 Å². The van der Waals surface area contributed by atoms with E-state index >= 15 is 0 Å². The van der Waals surface area contributed by atoms with Crippen LogP contribution in [0.15, 0.2) is 41.3 Å². The van der Waals surface area contributed by atoms with Crippen molar-refractivity contribution in [2.24, 2.45) is 0 Å². The van der Waals surface area contributed by atoms with Gasteiger partial charge in [0.15, 0.2) is 15.0 Å². The number of rotatable bonds is 7. The molecule has 1 aliphatic rings. The second kappa shape index (κ2) is 9.47. The monoisotopic (exact) mass is 492 g/mol. The minimum Gasteiger partial charge on any atom is -0.376 e. The van der Waals surface area contributed by atoms with Crippen LogP contribution in [0.3, 0.4) is 0 Å². The Kier molecular flexibility index (Phi) is 6.86. The van der Waals surface area contributed by atoms with Gasteiger partial charge in [-0.05, 0) is 50.5 Å². The van der Waals surface area contributed by atoms with Gasteiger partial charge in [-0.2, -0.15) is 0 Å². The second-order valence-electron chi connectivity index (χ2n) is 8.06. The van der Waals surface area contributed by atoms with Crippen LogP contribution in [0.2, 0.25) is 5.02 Å². The van der Waals surface area contributed by atoms with Crippen molar-refractivity contribution >= 4 is 54.0 Å². The van der Waals surface area contributed by atoms with Gasteiger partial charge in [-0.1, -0.05) is 46.7 Å². The minimum absolute atomic E-state index is 0.0868. The van der Waals surface area contributed by atoms with E-state index in [4.69, 9.17) is 16.3 Å². The average Bonchev–Trinajstić information content (AvgIpc) is 3.44. The Bertz CT molecular complexity index is 1190. The van der Waals surface area contributed by atoms with Gasteiger partial charge >= 0.3 is 0 Å². The third kappa shape index (κ3) is 4.98. The highest BCUT2D eigenvalue weighted by molar-refractivity contribution is 7.91. The van der Waals surface area contributed by atoms with Crippen molar-refractivity contribution in [3.63, 3.8) is 0 Å². The smallest absolute Gasteiger partial charge is 0.229 e. The van der Waals surface area contributed by atoms with Gasteiger partial charge in [0.25, 0.3) is 0 Å². The van der Waals surface area contributed by atoms with Crippen molar-refractivity contribution in [2.75, 3.05) is 23.8 Å². The lowest BCUT2D eigenvalue weighted by molar-refractivity contribution is -0.118. The summed E-state index contributed by atoms with van der Waals surface area (Å²) < 4.78 is 32.1. The van der Waals surface area contributed by atoms with Gasteiger partial charge in [0.1, 0.15) is 0 Å². The number of fused-ring (bicyclic) bond motifs is 1. The molecular weight excluding hydrogens is 468 g/mol. The van der Waals surface area contributed by atoms with Gasteiger partial charge in [-0.3, -0.25) is 9.69 Å². The van der Waals surface area contributed by atoms with Crippen molar-refractivity contribution in [1.29, 1.82) is 0 Å². The molecule has 6 nitrogen and oxygen atoms in total. The molecule has 32 heavy (non-hydrogen) atoms. The summed E-state index contributed by atoms with van der Waals surface area (Å²) in [5.74, 6) is -0.550. The molecule has 1 atom stereocenters. The Labute approximate surface area is 197 Å². The zero-order chi connectivity index (χ0) is 22.9. The number of anilines is 1. The number of ether oxygens (including phenoxy) is 1. The standard InChI is InChI=1S/C23H25ClN2O4S2/c1-15-5-8-18(9-6-15)32(28,29)13-11-20(27)26(14-17-4-3-12-30-17)23-25-21-16(2)7-10-19(24)22(21)31-23/h5-10,17H,3-4,11-14H2,1-2H3. The van der Waals surface area contributed by atoms with Crippen LogP contribution in [0, 0.1) is 13.8 Å². The molecule has 1 aromatic heterocycles. The summed E-state index contributed by atoms with van der Waals surface area (Å²) in [7, 11) is -3.57. The molecule has 1 fully saturated rings. The molecule has 4 rings (SSSR count). The van der Waals surface area contributed by atoms with Gasteiger partial charge in [0.2, 0.25) is 5.91 Å². The maximum absolute atomic E-state index is 13.2. The lowest BCUT2D eigenvalue weighted by atomic mass is 10.2. The van der Waals surface area contributed by atoms with Gasteiger partial charge in [0, 0.05) is 13.0 Å². The molecule has 1 saturated heterocycles. The van der Waals surface area contributed by atoms with Crippen LogP contribution in [0.5, 0.6) is 0 Å². The van der Waals surface area contributed by atoms with Crippen LogP contribution in [0.25, 0.3) is 10.2 Å². The number of halogens is 1. The predicted molar refractivity (Wildman–Crippen MR) is 129 cm³/mol. The number of amides is 1. The van der Waals surface area contributed by atoms with Crippen LogP contribution in [-0.4, -0.2) is 44.3 Å². The Morgan fingerprint density at radius 3 is 2.62 bits per heavy atom. The average molecular weight is 493 g/mol. The number of aromatic nitrogens is 1. The van der Waals surface area contributed by atoms with E-state index in [-0.39, 0.29) is 29.1 Å². The number of nitrogens with zero attached hydrogens (tertiary/aromatic N) is 2. The second-order valence-corrected chi connectivity index (χ2v) is 11.6. The summed E-state index contributed by atoms with van der Waals surface area (Å²) in [5.41, 5.74) is 2.71. The fourth-order valence-electron chi connectivity index (χ4n) is 3.70. The molecule has 0 N–H and O–H groups in total. The summed E-state index contributed by atoms with van der Waals surface area (Å²) >= 11 is 7.71. The van der Waals surface area contributed by atoms with Crippen molar-refractivity contribution < 1.29 is 17.9 Å². The van der Waals surface area contributed by atoms with E-state index < -0.39 is 9.84 Å². The number of aryl methyl sites for hydroxylation is 2.